The first kappa shape index (κ1) is 26.5. The first-order valence-corrected chi connectivity index (χ1v) is 12.3. The number of nitrogens with zero attached hydrogens (tertiary/aromatic N) is 1. The van der Waals surface area contributed by atoms with Crippen molar-refractivity contribution < 1.29 is 32.2 Å². The number of esters is 1. The van der Waals surface area contributed by atoms with Crippen molar-refractivity contribution in [1.29, 1.82) is 0 Å². The molecule has 36 heavy (non-hydrogen) atoms. The van der Waals surface area contributed by atoms with Gasteiger partial charge in [-0.25, -0.2) is 4.79 Å². The summed E-state index contributed by atoms with van der Waals surface area (Å²) >= 11 is 6.15. The maximum Gasteiger partial charge on any atom is 0.395 e. The van der Waals surface area contributed by atoms with E-state index in [1.807, 2.05) is 0 Å². The van der Waals surface area contributed by atoms with Crippen LogP contribution in [0.5, 0.6) is 5.75 Å². The minimum Gasteiger partial charge on any atom is -0.491 e. The number of carbonyl (C=O) groups excluding carboxylic acids is 1. The molecule has 2 atom stereocenters. The highest BCUT2D eigenvalue weighted by molar-refractivity contribution is 6.30. The number of hydrogen-bond donors (Lipinski definition) is 0. The molecule has 1 unspecified atom stereocenters. The van der Waals surface area contributed by atoms with Gasteiger partial charge in [0.15, 0.2) is 0 Å². The van der Waals surface area contributed by atoms with Gasteiger partial charge in [-0.05, 0) is 63.3 Å². The zero-order valence-electron chi connectivity index (χ0n) is 20.4. The normalized spacial score (nSPS) is 18.8. The van der Waals surface area contributed by atoms with Crippen LogP contribution in [-0.4, -0.2) is 41.6 Å². The van der Waals surface area contributed by atoms with Crippen LogP contribution in [0.1, 0.15) is 51.6 Å². The Hall–Kier alpha value is -2.52. The third-order valence-corrected chi connectivity index (χ3v) is 6.29. The Morgan fingerprint density at radius 3 is 2.56 bits per heavy atom. The highest BCUT2D eigenvalue weighted by atomic mass is 35.5. The van der Waals surface area contributed by atoms with E-state index in [9.17, 15) is 22.8 Å². The summed E-state index contributed by atoms with van der Waals surface area (Å²) in [5.41, 5.74) is -0.192. The van der Waals surface area contributed by atoms with Crippen molar-refractivity contribution >= 4 is 17.6 Å². The fourth-order valence-corrected chi connectivity index (χ4v) is 4.29. The highest BCUT2D eigenvalue weighted by Crippen LogP contribution is 2.40. The van der Waals surface area contributed by atoms with Crippen LogP contribution in [0, 0.1) is 5.92 Å². The second-order valence-electron chi connectivity index (χ2n) is 10.3. The fourth-order valence-electron chi connectivity index (χ4n) is 4.12. The third kappa shape index (κ3) is 6.42. The van der Waals surface area contributed by atoms with Gasteiger partial charge in [0.2, 0.25) is 0 Å². The SMILES string of the molecule is CC(C)(C)OC(=O)C(CCOC1CC1)n1cc2c(cc1=O)-c1cc(Cl)ccc1C[C@@H](C(F)(F)F)CO2. The van der Waals surface area contributed by atoms with Gasteiger partial charge in [0.1, 0.15) is 24.0 Å². The summed E-state index contributed by atoms with van der Waals surface area (Å²) in [6, 6.07) is 4.83. The van der Waals surface area contributed by atoms with Gasteiger partial charge in [0, 0.05) is 29.7 Å². The molecule has 2 heterocycles. The molecule has 0 spiro atoms. The molecule has 4 rings (SSSR count). The lowest BCUT2D eigenvalue weighted by atomic mass is 9.91. The molecular formula is C26H29ClF3NO5. The van der Waals surface area contributed by atoms with E-state index in [0.717, 1.165) is 17.4 Å². The lowest BCUT2D eigenvalue weighted by Gasteiger charge is -2.28. The van der Waals surface area contributed by atoms with Crippen LogP contribution in [0.3, 0.4) is 0 Å². The van der Waals surface area contributed by atoms with Gasteiger partial charge in [-0.2, -0.15) is 13.2 Å². The van der Waals surface area contributed by atoms with E-state index in [1.165, 1.54) is 30.5 Å². The summed E-state index contributed by atoms with van der Waals surface area (Å²) in [4.78, 5) is 26.4. The maximum atomic E-state index is 13.7. The van der Waals surface area contributed by atoms with Gasteiger partial charge >= 0.3 is 12.1 Å². The lowest BCUT2D eigenvalue weighted by Crippen LogP contribution is -2.36. The molecule has 6 nitrogen and oxygen atoms in total. The molecule has 1 aliphatic carbocycles. The average molecular weight is 528 g/mol. The molecule has 196 valence electrons. The van der Waals surface area contributed by atoms with Gasteiger partial charge in [0.05, 0.1) is 18.2 Å². The van der Waals surface area contributed by atoms with Crippen LogP contribution in [0.2, 0.25) is 5.02 Å². The van der Waals surface area contributed by atoms with Crippen molar-refractivity contribution in [2.75, 3.05) is 13.2 Å². The Kier molecular flexibility index (Phi) is 7.44. The number of rotatable bonds is 6. The number of pyridine rings is 1. The molecule has 1 fully saturated rings. The molecule has 1 aliphatic heterocycles. The highest BCUT2D eigenvalue weighted by Gasteiger charge is 2.41. The second-order valence-corrected chi connectivity index (χ2v) is 10.7. The van der Waals surface area contributed by atoms with Crippen molar-refractivity contribution in [3.05, 3.63) is 51.4 Å². The summed E-state index contributed by atoms with van der Waals surface area (Å²) in [7, 11) is 0. The van der Waals surface area contributed by atoms with Gasteiger partial charge < -0.3 is 14.2 Å². The number of carbonyl (C=O) groups is 1. The maximum absolute atomic E-state index is 13.7. The molecule has 0 bridgehead atoms. The van der Waals surface area contributed by atoms with Crippen molar-refractivity contribution in [2.24, 2.45) is 5.92 Å². The second kappa shape index (κ2) is 10.1. The van der Waals surface area contributed by atoms with E-state index in [4.69, 9.17) is 25.8 Å². The molecule has 0 N–H and O–H groups in total. The predicted molar refractivity (Wildman–Crippen MR) is 128 cm³/mol. The van der Waals surface area contributed by atoms with Crippen LogP contribution in [0.25, 0.3) is 11.1 Å². The van der Waals surface area contributed by atoms with E-state index in [1.54, 1.807) is 20.8 Å². The summed E-state index contributed by atoms with van der Waals surface area (Å²) in [6.07, 6.45) is -1.27. The van der Waals surface area contributed by atoms with Crippen LogP contribution in [0.4, 0.5) is 13.2 Å². The minimum atomic E-state index is -4.48. The number of aromatic nitrogens is 1. The topological polar surface area (TPSA) is 66.8 Å². The number of ether oxygens (including phenoxy) is 3. The molecule has 10 heteroatoms. The van der Waals surface area contributed by atoms with E-state index < -0.39 is 41.9 Å². The van der Waals surface area contributed by atoms with Crippen molar-refractivity contribution in [2.45, 2.75) is 70.4 Å². The largest absolute Gasteiger partial charge is 0.491 e. The van der Waals surface area contributed by atoms with Crippen molar-refractivity contribution in [1.82, 2.24) is 4.57 Å². The molecule has 0 radical (unpaired) electrons. The summed E-state index contributed by atoms with van der Waals surface area (Å²) in [6.45, 7) is 4.75. The Balaban J connectivity index is 1.77. The zero-order valence-corrected chi connectivity index (χ0v) is 21.1. The summed E-state index contributed by atoms with van der Waals surface area (Å²) < 4.78 is 59.2. The number of benzene rings is 1. The average Bonchev–Trinajstić information content (AvgIpc) is 3.57. The zero-order chi connectivity index (χ0) is 26.3. The standard InChI is InChI=1S/C26H29ClF3NO5/c1-25(2,3)36-24(33)21(8-9-34-18-6-7-18)31-13-22-20(12-23(31)32)19-11-17(27)5-4-15(19)10-16(14-35-22)26(28,29)30/h4-5,11-13,16,18,21H,6-10,14H2,1-3H3/t16-,21?/m1/s1. The predicted octanol–water partition coefficient (Wildman–Crippen LogP) is 5.73. The fraction of sp³-hybridized carbons (Fsp3) is 0.538. The van der Waals surface area contributed by atoms with Gasteiger partial charge in [0.25, 0.3) is 5.56 Å². The Morgan fingerprint density at radius 2 is 1.92 bits per heavy atom. The molecule has 2 aliphatic rings. The van der Waals surface area contributed by atoms with Gasteiger partial charge in [-0.1, -0.05) is 17.7 Å². The number of alkyl halides is 3. The molecule has 1 aromatic heterocycles. The van der Waals surface area contributed by atoms with Crippen LogP contribution >= 0.6 is 11.6 Å². The van der Waals surface area contributed by atoms with Crippen LogP contribution < -0.4 is 10.3 Å². The van der Waals surface area contributed by atoms with Gasteiger partial charge in [-0.3, -0.25) is 9.36 Å². The Bertz CT molecular complexity index is 1180. The number of fused-ring (bicyclic) bond motifs is 3. The smallest absolute Gasteiger partial charge is 0.395 e. The first-order chi connectivity index (χ1) is 16.8. The lowest BCUT2D eigenvalue weighted by molar-refractivity contribution is -0.181. The van der Waals surface area contributed by atoms with Crippen molar-refractivity contribution in [3.8, 4) is 16.9 Å². The van der Waals surface area contributed by atoms with E-state index >= 15 is 0 Å². The minimum absolute atomic E-state index is 0.0590. The molecule has 0 amide bonds. The Labute approximate surface area is 212 Å². The summed E-state index contributed by atoms with van der Waals surface area (Å²) in [5.74, 6) is -2.32. The van der Waals surface area contributed by atoms with E-state index in [2.05, 4.69) is 0 Å². The number of hydrogen-bond acceptors (Lipinski definition) is 5. The molecule has 1 saturated carbocycles. The van der Waals surface area contributed by atoms with E-state index in [-0.39, 0.29) is 31.3 Å². The molecule has 1 aromatic carbocycles. The quantitative estimate of drug-likeness (QED) is 0.449. The van der Waals surface area contributed by atoms with Gasteiger partial charge in [-0.15, -0.1) is 0 Å². The molecular weight excluding hydrogens is 499 g/mol. The first-order valence-electron chi connectivity index (χ1n) is 11.9. The molecule has 0 saturated heterocycles. The summed E-state index contributed by atoms with van der Waals surface area (Å²) in [5, 5.41) is 0.317. The molecule has 2 aromatic rings. The third-order valence-electron chi connectivity index (χ3n) is 6.06. The van der Waals surface area contributed by atoms with Crippen LogP contribution in [-0.2, 0) is 20.7 Å². The Morgan fingerprint density at radius 1 is 1.19 bits per heavy atom. The van der Waals surface area contributed by atoms with Crippen molar-refractivity contribution in [3.63, 3.8) is 0 Å². The van der Waals surface area contributed by atoms with Crippen LogP contribution in [0.15, 0.2) is 35.3 Å². The van der Waals surface area contributed by atoms with E-state index in [0.29, 0.717) is 21.7 Å². The monoisotopic (exact) mass is 527 g/mol. The number of halogens is 4.